The van der Waals surface area contributed by atoms with E-state index in [1.54, 1.807) is 12.1 Å². The van der Waals surface area contributed by atoms with E-state index in [0.29, 0.717) is 11.6 Å². The van der Waals surface area contributed by atoms with E-state index in [0.717, 1.165) is 16.7 Å². The summed E-state index contributed by atoms with van der Waals surface area (Å²) in [5.41, 5.74) is 8.30. The van der Waals surface area contributed by atoms with E-state index in [9.17, 15) is 4.39 Å². The molecule has 0 radical (unpaired) electrons. The lowest BCUT2D eigenvalue weighted by molar-refractivity contribution is 0.628. The quantitative estimate of drug-likeness (QED) is 0.846. The Morgan fingerprint density at radius 1 is 1.12 bits per heavy atom. The van der Waals surface area contributed by atoms with Gasteiger partial charge < -0.3 is 5.73 Å². The number of rotatable bonds is 2. The van der Waals surface area contributed by atoms with Crippen molar-refractivity contribution in [1.29, 1.82) is 0 Å². The predicted octanol–water partition coefficient (Wildman–Crippen LogP) is 3.60. The summed E-state index contributed by atoms with van der Waals surface area (Å²) in [5.74, 6) is -0.254. The van der Waals surface area contributed by atoms with Gasteiger partial charge in [0, 0.05) is 11.6 Å². The van der Waals surface area contributed by atoms with Crippen LogP contribution in [0.25, 0.3) is 11.1 Å². The van der Waals surface area contributed by atoms with Crippen LogP contribution >= 0.6 is 11.6 Å². The van der Waals surface area contributed by atoms with Gasteiger partial charge in [0.05, 0.1) is 0 Å². The van der Waals surface area contributed by atoms with E-state index in [-0.39, 0.29) is 5.82 Å². The van der Waals surface area contributed by atoms with Crippen LogP contribution in [0.4, 0.5) is 4.39 Å². The number of halogens is 2. The Bertz CT molecular complexity index is 511. The molecule has 2 rings (SSSR count). The summed E-state index contributed by atoms with van der Waals surface area (Å²) in [7, 11) is 0. The van der Waals surface area contributed by atoms with E-state index in [1.807, 2.05) is 18.2 Å². The van der Waals surface area contributed by atoms with Gasteiger partial charge in [0.25, 0.3) is 0 Å². The van der Waals surface area contributed by atoms with Crippen molar-refractivity contribution in [3.05, 3.63) is 58.9 Å². The average molecular weight is 236 g/mol. The topological polar surface area (TPSA) is 26.0 Å². The Morgan fingerprint density at radius 2 is 1.94 bits per heavy atom. The van der Waals surface area contributed by atoms with Crippen LogP contribution in [-0.4, -0.2) is 0 Å². The molecule has 82 valence electrons. The second-order valence-corrected chi connectivity index (χ2v) is 3.95. The van der Waals surface area contributed by atoms with Gasteiger partial charge in [-0.25, -0.2) is 4.39 Å². The second kappa shape index (κ2) is 4.64. The fraction of sp³-hybridized carbons (Fsp3) is 0.0769. The molecule has 0 heterocycles. The smallest absolute Gasteiger partial charge is 0.123 e. The zero-order valence-corrected chi connectivity index (χ0v) is 9.34. The molecule has 0 amide bonds. The molecule has 0 spiro atoms. The van der Waals surface area contributed by atoms with Crippen LogP contribution < -0.4 is 5.73 Å². The fourth-order valence-electron chi connectivity index (χ4n) is 1.67. The Hall–Kier alpha value is -1.38. The molecule has 0 aromatic heterocycles. The van der Waals surface area contributed by atoms with Gasteiger partial charge in [-0.05, 0) is 41.0 Å². The van der Waals surface area contributed by atoms with Gasteiger partial charge >= 0.3 is 0 Å². The van der Waals surface area contributed by atoms with Gasteiger partial charge in [0.1, 0.15) is 5.82 Å². The van der Waals surface area contributed by atoms with Crippen LogP contribution in [0.2, 0.25) is 5.02 Å². The van der Waals surface area contributed by atoms with E-state index in [4.69, 9.17) is 17.3 Å². The Labute approximate surface area is 98.7 Å². The highest BCUT2D eigenvalue weighted by molar-refractivity contribution is 6.30. The molecule has 2 aromatic rings. The van der Waals surface area contributed by atoms with Gasteiger partial charge in [-0.2, -0.15) is 0 Å². The highest BCUT2D eigenvalue weighted by Gasteiger charge is 2.05. The largest absolute Gasteiger partial charge is 0.326 e. The molecule has 0 fully saturated rings. The molecule has 2 aromatic carbocycles. The third-order valence-electron chi connectivity index (χ3n) is 2.42. The molecule has 1 nitrogen and oxygen atoms in total. The minimum atomic E-state index is -0.254. The molecule has 16 heavy (non-hydrogen) atoms. The summed E-state index contributed by atoms with van der Waals surface area (Å²) in [6, 6.07) is 11.9. The molecule has 0 saturated heterocycles. The van der Waals surface area contributed by atoms with E-state index in [1.165, 1.54) is 12.1 Å². The zero-order chi connectivity index (χ0) is 11.5. The number of hydrogen-bond acceptors (Lipinski definition) is 1. The lowest BCUT2D eigenvalue weighted by Gasteiger charge is -2.08. The Morgan fingerprint density at radius 3 is 2.62 bits per heavy atom. The first-order valence-electron chi connectivity index (χ1n) is 4.95. The molecular formula is C13H11ClFN. The highest BCUT2D eigenvalue weighted by atomic mass is 35.5. The van der Waals surface area contributed by atoms with Gasteiger partial charge in [-0.3, -0.25) is 0 Å². The normalized spacial score (nSPS) is 10.4. The first kappa shape index (κ1) is 11.1. The van der Waals surface area contributed by atoms with Crippen molar-refractivity contribution in [3.8, 4) is 11.1 Å². The van der Waals surface area contributed by atoms with Crippen LogP contribution in [0.1, 0.15) is 5.56 Å². The van der Waals surface area contributed by atoms with Crippen molar-refractivity contribution >= 4 is 11.6 Å². The van der Waals surface area contributed by atoms with Crippen molar-refractivity contribution in [2.45, 2.75) is 6.54 Å². The van der Waals surface area contributed by atoms with Gasteiger partial charge in [0.2, 0.25) is 0 Å². The Kier molecular flexibility index (Phi) is 3.22. The molecule has 0 bridgehead atoms. The lowest BCUT2D eigenvalue weighted by Crippen LogP contribution is -1.99. The maximum Gasteiger partial charge on any atom is 0.123 e. The maximum atomic E-state index is 13.1. The summed E-state index contributed by atoms with van der Waals surface area (Å²) in [6.45, 7) is 0.381. The second-order valence-electron chi connectivity index (χ2n) is 3.52. The fourth-order valence-corrected chi connectivity index (χ4v) is 1.86. The van der Waals surface area contributed by atoms with Crippen molar-refractivity contribution in [2.24, 2.45) is 5.73 Å². The molecule has 0 unspecified atom stereocenters. The highest BCUT2D eigenvalue weighted by Crippen LogP contribution is 2.26. The van der Waals surface area contributed by atoms with Gasteiger partial charge in [0.15, 0.2) is 0 Å². The summed E-state index contributed by atoms with van der Waals surface area (Å²) >= 11 is 5.88. The van der Waals surface area contributed by atoms with Crippen LogP contribution in [-0.2, 0) is 6.54 Å². The number of nitrogens with two attached hydrogens (primary N) is 1. The maximum absolute atomic E-state index is 13.1. The van der Waals surface area contributed by atoms with Crippen molar-refractivity contribution in [2.75, 3.05) is 0 Å². The minimum absolute atomic E-state index is 0.254. The molecule has 2 N–H and O–H groups in total. The molecule has 0 aliphatic carbocycles. The number of hydrogen-bond donors (Lipinski definition) is 1. The number of benzene rings is 2. The van der Waals surface area contributed by atoms with Gasteiger partial charge in [-0.1, -0.05) is 29.8 Å². The summed E-state index contributed by atoms with van der Waals surface area (Å²) in [6.07, 6.45) is 0. The zero-order valence-electron chi connectivity index (χ0n) is 8.58. The molecule has 0 aliphatic heterocycles. The summed E-state index contributed by atoms with van der Waals surface area (Å²) in [5, 5.41) is 0.639. The first-order valence-corrected chi connectivity index (χ1v) is 5.33. The molecular weight excluding hydrogens is 225 g/mol. The van der Waals surface area contributed by atoms with Crippen molar-refractivity contribution in [1.82, 2.24) is 0 Å². The first-order chi connectivity index (χ1) is 7.70. The monoisotopic (exact) mass is 235 g/mol. The molecule has 0 saturated carbocycles. The van der Waals surface area contributed by atoms with Crippen molar-refractivity contribution < 1.29 is 4.39 Å². The average Bonchev–Trinajstić information content (AvgIpc) is 2.28. The molecule has 3 heteroatoms. The van der Waals surface area contributed by atoms with Crippen LogP contribution in [0, 0.1) is 5.82 Å². The van der Waals surface area contributed by atoms with E-state index >= 15 is 0 Å². The third-order valence-corrected chi connectivity index (χ3v) is 2.66. The minimum Gasteiger partial charge on any atom is -0.326 e. The van der Waals surface area contributed by atoms with Crippen LogP contribution in [0.15, 0.2) is 42.5 Å². The van der Waals surface area contributed by atoms with Crippen molar-refractivity contribution in [3.63, 3.8) is 0 Å². The Balaban J connectivity index is 2.55. The predicted molar refractivity (Wildman–Crippen MR) is 64.7 cm³/mol. The molecule has 0 atom stereocenters. The third kappa shape index (κ3) is 2.23. The SMILES string of the molecule is NCc1cc(Cl)ccc1-c1cccc(F)c1. The lowest BCUT2D eigenvalue weighted by atomic mass is 10.00. The van der Waals surface area contributed by atoms with E-state index < -0.39 is 0 Å². The van der Waals surface area contributed by atoms with Crippen LogP contribution in [0.3, 0.4) is 0 Å². The molecule has 0 aliphatic rings. The van der Waals surface area contributed by atoms with Crippen LogP contribution in [0.5, 0.6) is 0 Å². The summed E-state index contributed by atoms with van der Waals surface area (Å²) < 4.78 is 13.1. The van der Waals surface area contributed by atoms with E-state index in [2.05, 4.69) is 0 Å². The van der Waals surface area contributed by atoms with Gasteiger partial charge in [-0.15, -0.1) is 0 Å². The standard InChI is InChI=1S/C13H11ClFN/c14-11-4-5-13(10(6-11)8-16)9-2-1-3-12(15)7-9/h1-7H,8,16H2. The summed E-state index contributed by atoms with van der Waals surface area (Å²) in [4.78, 5) is 0.